The Morgan fingerprint density at radius 3 is 2.35 bits per heavy atom. The number of hydrogen-bond acceptors (Lipinski definition) is 3. The van der Waals surface area contributed by atoms with E-state index in [1.54, 1.807) is 14.2 Å². The number of aryl methyl sites for hydroxylation is 1. The minimum atomic E-state index is 0.0731. The van der Waals surface area contributed by atoms with Crippen LogP contribution in [-0.2, 0) is 5.54 Å². The summed E-state index contributed by atoms with van der Waals surface area (Å²) in [5.74, 6) is 1.61. The van der Waals surface area contributed by atoms with Gasteiger partial charge in [-0.1, -0.05) is 0 Å². The summed E-state index contributed by atoms with van der Waals surface area (Å²) in [6, 6.07) is 4.16. The van der Waals surface area contributed by atoms with Crippen molar-refractivity contribution in [3.05, 3.63) is 23.3 Å². The summed E-state index contributed by atoms with van der Waals surface area (Å²) < 4.78 is 10.7. The Bertz CT molecular complexity index is 409. The monoisotopic (exact) mass is 235 g/mol. The third-order valence-corrected chi connectivity index (χ3v) is 3.69. The maximum atomic E-state index is 5.38. The molecule has 3 nitrogen and oxygen atoms in total. The molecule has 1 heterocycles. The number of benzene rings is 1. The van der Waals surface area contributed by atoms with Gasteiger partial charge in [-0.2, -0.15) is 0 Å². The zero-order valence-electron chi connectivity index (χ0n) is 11.1. The van der Waals surface area contributed by atoms with Crippen molar-refractivity contribution in [2.24, 2.45) is 0 Å². The van der Waals surface area contributed by atoms with Gasteiger partial charge in [-0.3, -0.25) is 0 Å². The van der Waals surface area contributed by atoms with E-state index >= 15 is 0 Å². The van der Waals surface area contributed by atoms with Gasteiger partial charge in [0.2, 0.25) is 0 Å². The second-order valence-electron chi connectivity index (χ2n) is 4.88. The molecule has 1 atom stereocenters. The summed E-state index contributed by atoms with van der Waals surface area (Å²) in [5.41, 5.74) is 2.64. The van der Waals surface area contributed by atoms with Gasteiger partial charge in [-0.25, -0.2) is 0 Å². The van der Waals surface area contributed by atoms with Crippen LogP contribution in [0.1, 0.15) is 30.9 Å². The van der Waals surface area contributed by atoms with E-state index in [0.29, 0.717) is 0 Å². The van der Waals surface area contributed by atoms with Gasteiger partial charge in [-0.05, 0) is 56.5 Å². The highest BCUT2D eigenvalue weighted by Crippen LogP contribution is 2.38. The largest absolute Gasteiger partial charge is 0.493 e. The lowest BCUT2D eigenvalue weighted by Gasteiger charge is -2.28. The van der Waals surface area contributed by atoms with Crippen molar-refractivity contribution in [3.63, 3.8) is 0 Å². The summed E-state index contributed by atoms with van der Waals surface area (Å²) in [6.45, 7) is 5.47. The van der Waals surface area contributed by atoms with Crippen LogP contribution in [0.4, 0.5) is 0 Å². The van der Waals surface area contributed by atoms with Gasteiger partial charge in [0.1, 0.15) is 0 Å². The molecule has 1 aliphatic rings. The molecule has 2 rings (SSSR count). The Morgan fingerprint density at radius 2 is 1.82 bits per heavy atom. The molecular formula is C14H21NO2. The first-order valence-corrected chi connectivity index (χ1v) is 6.09. The fourth-order valence-electron chi connectivity index (χ4n) is 2.70. The first-order valence-electron chi connectivity index (χ1n) is 6.09. The molecule has 17 heavy (non-hydrogen) atoms. The number of nitrogens with one attached hydrogen (secondary N) is 1. The fraction of sp³-hybridized carbons (Fsp3) is 0.571. The minimum Gasteiger partial charge on any atom is -0.493 e. The smallest absolute Gasteiger partial charge is 0.161 e. The predicted octanol–water partition coefficient (Wildman–Crippen LogP) is 2.61. The van der Waals surface area contributed by atoms with Crippen molar-refractivity contribution < 1.29 is 9.47 Å². The van der Waals surface area contributed by atoms with E-state index < -0.39 is 0 Å². The fourth-order valence-corrected chi connectivity index (χ4v) is 2.70. The number of ether oxygens (including phenoxy) is 2. The Kier molecular flexibility index (Phi) is 3.29. The maximum Gasteiger partial charge on any atom is 0.161 e. The lowest BCUT2D eigenvalue weighted by Crippen LogP contribution is -2.33. The summed E-state index contributed by atoms with van der Waals surface area (Å²) in [5, 5.41) is 3.58. The molecule has 1 N–H and O–H groups in total. The van der Waals surface area contributed by atoms with Crippen LogP contribution in [0.2, 0.25) is 0 Å². The molecule has 1 fully saturated rings. The van der Waals surface area contributed by atoms with Crippen molar-refractivity contribution in [3.8, 4) is 11.5 Å². The maximum absolute atomic E-state index is 5.38. The van der Waals surface area contributed by atoms with Crippen LogP contribution in [0.5, 0.6) is 11.5 Å². The highest BCUT2D eigenvalue weighted by atomic mass is 16.5. The molecule has 0 aliphatic carbocycles. The average molecular weight is 235 g/mol. The zero-order chi connectivity index (χ0) is 12.5. The van der Waals surface area contributed by atoms with E-state index in [0.717, 1.165) is 18.0 Å². The molecule has 3 heteroatoms. The lowest BCUT2D eigenvalue weighted by molar-refractivity contribution is 0.350. The van der Waals surface area contributed by atoms with E-state index in [1.165, 1.54) is 24.0 Å². The van der Waals surface area contributed by atoms with Crippen LogP contribution in [0.3, 0.4) is 0 Å². The first kappa shape index (κ1) is 12.2. The Labute approximate surface area is 103 Å². The van der Waals surface area contributed by atoms with Crippen LogP contribution in [0.25, 0.3) is 0 Å². The molecule has 0 radical (unpaired) electrons. The van der Waals surface area contributed by atoms with Crippen molar-refractivity contribution in [2.75, 3.05) is 20.8 Å². The normalized spacial score (nSPS) is 23.8. The minimum absolute atomic E-state index is 0.0731. The highest BCUT2D eigenvalue weighted by Gasteiger charge is 2.32. The van der Waals surface area contributed by atoms with Crippen LogP contribution < -0.4 is 14.8 Å². The standard InChI is InChI=1S/C14H21NO2/c1-10-8-12(16-3)13(17-4)9-11(10)14(2)6-5-7-15-14/h8-9,15H,5-7H2,1-4H3. The second kappa shape index (κ2) is 4.57. The zero-order valence-corrected chi connectivity index (χ0v) is 11.1. The second-order valence-corrected chi connectivity index (χ2v) is 4.88. The Morgan fingerprint density at radius 1 is 1.18 bits per heavy atom. The van der Waals surface area contributed by atoms with Gasteiger partial charge < -0.3 is 14.8 Å². The van der Waals surface area contributed by atoms with Gasteiger partial charge >= 0.3 is 0 Å². The Hall–Kier alpha value is -1.22. The molecule has 0 amide bonds. The molecule has 0 bridgehead atoms. The lowest BCUT2D eigenvalue weighted by atomic mass is 9.87. The van der Waals surface area contributed by atoms with E-state index in [1.807, 2.05) is 0 Å². The molecule has 1 aromatic rings. The van der Waals surface area contributed by atoms with Crippen LogP contribution >= 0.6 is 0 Å². The average Bonchev–Trinajstić information content (AvgIpc) is 2.76. The molecule has 0 aromatic heterocycles. The van der Waals surface area contributed by atoms with Gasteiger partial charge in [0, 0.05) is 5.54 Å². The van der Waals surface area contributed by atoms with Crippen molar-refractivity contribution in [1.82, 2.24) is 5.32 Å². The Balaban J connectivity index is 2.47. The first-order chi connectivity index (χ1) is 8.10. The molecule has 0 saturated carbocycles. The van der Waals surface area contributed by atoms with Crippen LogP contribution in [0, 0.1) is 6.92 Å². The van der Waals surface area contributed by atoms with Crippen molar-refractivity contribution in [1.29, 1.82) is 0 Å². The van der Waals surface area contributed by atoms with E-state index in [4.69, 9.17) is 9.47 Å². The number of methoxy groups -OCH3 is 2. The van der Waals surface area contributed by atoms with Crippen molar-refractivity contribution in [2.45, 2.75) is 32.2 Å². The number of hydrogen-bond donors (Lipinski definition) is 1. The summed E-state index contributed by atoms with van der Waals surface area (Å²) in [4.78, 5) is 0. The van der Waals surface area contributed by atoms with Gasteiger partial charge in [0.05, 0.1) is 14.2 Å². The number of rotatable bonds is 3. The van der Waals surface area contributed by atoms with Crippen LogP contribution in [-0.4, -0.2) is 20.8 Å². The van der Waals surface area contributed by atoms with Gasteiger partial charge in [0.25, 0.3) is 0 Å². The quantitative estimate of drug-likeness (QED) is 0.873. The van der Waals surface area contributed by atoms with Crippen molar-refractivity contribution >= 4 is 0 Å². The molecule has 94 valence electrons. The molecular weight excluding hydrogens is 214 g/mol. The molecule has 1 aromatic carbocycles. The summed E-state index contributed by atoms with van der Waals surface area (Å²) in [6.07, 6.45) is 2.40. The van der Waals surface area contributed by atoms with Crippen LogP contribution in [0.15, 0.2) is 12.1 Å². The third-order valence-electron chi connectivity index (χ3n) is 3.69. The molecule has 1 aliphatic heterocycles. The highest BCUT2D eigenvalue weighted by molar-refractivity contribution is 5.49. The SMILES string of the molecule is COc1cc(C)c(C2(C)CCCN2)cc1OC. The van der Waals surface area contributed by atoms with Gasteiger partial charge in [0.15, 0.2) is 11.5 Å². The molecule has 1 unspecified atom stereocenters. The molecule has 1 saturated heterocycles. The molecule has 0 spiro atoms. The van der Waals surface area contributed by atoms with E-state index in [-0.39, 0.29) is 5.54 Å². The van der Waals surface area contributed by atoms with E-state index in [2.05, 4.69) is 31.3 Å². The summed E-state index contributed by atoms with van der Waals surface area (Å²) >= 11 is 0. The summed E-state index contributed by atoms with van der Waals surface area (Å²) in [7, 11) is 3.36. The predicted molar refractivity (Wildman–Crippen MR) is 68.9 cm³/mol. The van der Waals surface area contributed by atoms with Gasteiger partial charge in [-0.15, -0.1) is 0 Å². The topological polar surface area (TPSA) is 30.5 Å². The van der Waals surface area contributed by atoms with E-state index in [9.17, 15) is 0 Å². The third kappa shape index (κ3) is 2.12.